The van der Waals surface area contributed by atoms with Gasteiger partial charge < -0.3 is 29.0 Å². The molecule has 0 aromatic heterocycles. The van der Waals surface area contributed by atoms with Gasteiger partial charge in [0, 0.05) is 42.3 Å². The predicted molar refractivity (Wildman–Crippen MR) is 134 cm³/mol. The van der Waals surface area contributed by atoms with Gasteiger partial charge in [-0.25, -0.2) is 4.79 Å². The van der Waals surface area contributed by atoms with Crippen molar-refractivity contribution in [3.8, 4) is 0 Å². The number of rotatable bonds is 9. The smallest absolute Gasteiger partial charge is 0.414 e. The number of hydrogen-bond donors (Lipinski definition) is 2. The molecule has 3 aliphatic heterocycles. The first-order chi connectivity index (χ1) is 17.1. The van der Waals surface area contributed by atoms with Crippen molar-refractivity contribution in [2.24, 2.45) is 5.92 Å². The van der Waals surface area contributed by atoms with E-state index < -0.39 is 26.1 Å². The molecule has 10 nitrogen and oxygen atoms in total. The van der Waals surface area contributed by atoms with Gasteiger partial charge in [-0.05, 0) is 50.6 Å². The highest BCUT2D eigenvalue weighted by atomic mass is 28.4. The number of fused-ring (bicyclic) bond motifs is 2. The molecule has 11 heteroatoms. The molecule has 1 spiro atoms. The summed E-state index contributed by atoms with van der Waals surface area (Å²) in [6, 6.07) is 5.45. The molecule has 0 aliphatic carbocycles. The van der Waals surface area contributed by atoms with E-state index >= 15 is 0 Å². The Balaban J connectivity index is 1.74. The van der Waals surface area contributed by atoms with Crippen LogP contribution in [0.4, 0.5) is 16.2 Å². The molecule has 0 saturated carbocycles. The Hall–Kier alpha value is -2.47. The lowest BCUT2D eigenvalue weighted by molar-refractivity contribution is -0.146. The van der Waals surface area contributed by atoms with E-state index in [1.807, 2.05) is 32.2 Å². The molecule has 3 aliphatic rings. The van der Waals surface area contributed by atoms with Crippen molar-refractivity contribution < 1.29 is 38.5 Å². The maximum absolute atomic E-state index is 14.2. The van der Waals surface area contributed by atoms with Gasteiger partial charge in [-0.15, -0.1) is 0 Å². The number of anilines is 2. The Kier molecular flexibility index (Phi) is 7.47. The predicted octanol–water partition coefficient (Wildman–Crippen LogP) is 2.51. The number of cyclic esters (lactones) is 1. The molecule has 2 N–H and O–H groups in total. The van der Waals surface area contributed by atoms with Crippen LogP contribution in [0.5, 0.6) is 0 Å². The fourth-order valence-corrected chi connectivity index (χ4v) is 8.72. The highest BCUT2D eigenvalue weighted by Gasteiger charge is 2.66. The monoisotopic (exact) mass is 520 g/mol. The van der Waals surface area contributed by atoms with Crippen molar-refractivity contribution in [3.05, 3.63) is 23.8 Å². The van der Waals surface area contributed by atoms with Gasteiger partial charge in [-0.3, -0.25) is 14.5 Å². The van der Waals surface area contributed by atoms with Crippen LogP contribution in [0.2, 0.25) is 18.6 Å². The average Bonchev–Trinajstić information content (AvgIpc) is 3.45. The van der Waals surface area contributed by atoms with Gasteiger partial charge in [-0.2, -0.15) is 0 Å². The van der Waals surface area contributed by atoms with Gasteiger partial charge in [0.1, 0.15) is 6.61 Å². The normalized spacial score (nSPS) is 27.7. The molecule has 0 radical (unpaired) electrons. The van der Waals surface area contributed by atoms with Gasteiger partial charge in [0.15, 0.2) is 13.9 Å². The first kappa shape index (κ1) is 26.6. The molecule has 2 amide bonds. The molecule has 3 heterocycles. The molecule has 1 aromatic carbocycles. The standard InChI is InChI=1S/C25H36N2O8Si/c1-16-22(36(3,4)32)20(10-13-28)35-25(16)18-15-17(26-12-14-34-24(26)31)8-9-19(18)27(23(25)30)11-6-5-7-21(29)33-2/h8-9,15-16,20,22,28,32H,5-7,10-14H2,1-4H3/t16-,20+,22-,25+/m1/s1. The van der Waals surface area contributed by atoms with Crippen molar-refractivity contribution in [1.82, 2.24) is 0 Å². The van der Waals surface area contributed by atoms with Crippen molar-refractivity contribution in [2.45, 2.75) is 62.9 Å². The SMILES string of the molecule is COC(=O)CCCCN1C(=O)[C@@]2(O[C@@H](CCO)[C@H]([Si](C)(C)O)[C@H]2C)c2cc(N3CCOC3=O)ccc21. The summed E-state index contributed by atoms with van der Waals surface area (Å²) >= 11 is 0. The van der Waals surface area contributed by atoms with Crippen LogP contribution >= 0.6 is 0 Å². The van der Waals surface area contributed by atoms with Crippen molar-refractivity contribution >= 4 is 37.7 Å². The summed E-state index contributed by atoms with van der Waals surface area (Å²) in [5.74, 6) is -0.861. The Morgan fingerprint density at radius 2 is 2.03 bits per heavy atom. The molecule has 198 valence electrons. The van der Waals surface area contributed by atoms with Gasteiger partial charge >= 0.3 is 12.1 Å². The van der Waals surface area contributed by atoms with Crippen molar-refractivity contribution in [1.29, 1.82) is 0 Å². The van der Waals surface area contributed by atoms with E-state index in [4.69, 9.17) is 14.2 Å². The lowest BCUT2D eigenvalue weighted by Gasteiger charge is -2.32. The maximum atomic E-state index is 14.2. The number of carbonyl (C=O) groups is 3. The molecular formula is C25H36N2O8Si. The Labute approximate surface area is 212 Å². The first-order valence-corrected chi connectivity index (χ1v) is 15.6. The summed E-state index contributed by atoms with van der Waals surface area (Å²) in [7, 11) is -1.44. The fourth-order valence-electron chi connectivity index (χ4n) is 6.12. The Bertz CT molecular complexity index is 1030. The van der Waals surface area contributed by atoms with Crippen LogP contribution in [0, 0.1) is 5.92 Å². The van der Waals surface area contributed by atoms with E-state index in [-0.39, 0.29) is 36.4 Å². The van der Waals surface area contributed by atoms with Crippen LogP contribution in [0.25, 0.3) is 0 Å². The molecule has 4 rings (SSSR count). The van der Waals surface area contributed by atoms with Crippen LogP contribution < -0.4 is 9.80 Å². The van der Waals surface area contributed by atoms with Crippen LogP contribution in [-0.2, 0) is 29.4 Å². The number of ether oxygens (including phenoxy) is 3. The van der Waals surface area contributed by atoms with Crippen LogP contribution in [0.3, 0.4) is 0 Å². The number of benzene rings is 1. The molecule has 0 unspecified atom stereocenters. The number of methoxy groups -OCH3 is 1. The fraction of sp³-hybridized carbons (Fsp3) is 0.640. The number of aliphatic hydroxyl groups excluding tert-OH is 1. The third-order valence-electron chi connectivity index (χ3n) is 7.69. The first-order valence-electron chi connectivity index (χ1n) is 12.5. The molecule has 0 bridgehead atoms. The topological polar surface area (TPSA) is 126 Å². The molecule has 4 atom stereocenters. The summed E-state index contributed by atoms with van der Waals surface area (Å²) < 4.78 is 16.4. The second-order valence-electron chi connectivity index (χ2n) is 10.3. The summed E-state index contributed by atoms with van der Waals surface area (Å²) in [6.45, 7) is 6.59. The minimum Gasteiger partial charge on any atom is -0.469 e. The molecule has 36 heavy (non-hydrogen) atoms. The second-order valence-corrected chi connectivity index (χ2v) is 14.3. The average molecular weight is 521 g/mol. The number of hydrogen-bond acceptors (Lipinski definition) is 8. The minimum atomic E-state index is -2.79. The third-order valence-corrected chi connectivity index (χ3v) is 10.2. The number of carbonyl (C=O) groups excluding carboxylic acids is 3. The third kappa shape index (κ3) is 4.42. The lowest BCUT2D eigenvalue weighted by Crippen LogP contribution is -2.46. The van der Waals surface area contributed by atoms with E-state index in [0.29, 0.717) is 55.9 Å². The van der Waals surface area contributed by atoms with E-state index in [2.05, 4.69) is 0 Å². The highest BCUT2D eigenvalue weighted by Crippen LogP contribution is 2.60. The minimum absolute atomic E-state index is 0.119. The summed E-state index contributed by atoms with van der Waals surface area (Å²) in [4.78, 5) is 52.4. The summed E-state index contributed by atoms with van der Waals surface area (Å²) in [6.07, 6.45) is 0.827. The van der Waals surface area contributed by atoms with E-state index in [9.17, 15) is 24.3 Å². The molecular weight excluding hydrogens is 484 g/mol. The second kappa shape index (κ2) is 10.1. The number of nitrogens with zero attached hydrogens (tertiary/aromatic N) is 2. The highest BCUT2D eigenvalue weighted by molar-refractivity contribution is 6.71. The van der Waals surface area contributed by atoms with Crippen molar-refractivity contribution in [3.63, 3.8) is 0 Å². The van der Waals surface area contributed by atoms with Crippen LogP contribution in [0.1, 0.15) is 38.2 Å². The molecule has 2 fully saturated rings. The lowest BCUT2D eigenvalue weighted by atomic mass is 9.82. The van der Waals surface area contributed by atoms with E-state index in [1.165, 1.54) is 12.0 Å². The largest absolute Gasteiger partial charge is 0.469 e. The maximum Gasteiger partial charge on any atom is 0.414 e. The number of esters is 1. The zero-order valence-electron chi connectivity index (χ0n) is 21.4. The summed E-state index contributed by atoms with van der Waals surface area (Å²) in [5, 5.41) is 9.73. The quantitative estimate of drug-likeness (QED) is 0.289. The number of unbranched alkanes of at least 4 members (excludes halogenated alkanes) is 1. The summed E-state index contributed by atoms with van der Waals surface area (Å²) in [5.41, 5.74) is 0.362. The van der Waals surface area contributed by atoms with Crippen LogP contribution in [-0.4, -0.2) is 75.7 Å². The molecule has 2 saturated heterocycles. The van der Waals surface area contributed by atoms with Gasteiger partial charge in [0.05, 0.1) is 25.4 Å². The van der Waals surface area contributed by atoms with E-state index in [1.54, 1.807) is 11.0 Å². The molecule has 1 aromatic rings. The van der Waals surface area contributed by atoms with E-state index in [0.717, 1.165) is 0 Å². The van der Waals surface area contributed by atoms with Crippen molar-refractivity contribution in [2.75, 3.05) is 43.2 Å². The number of amides is 2. The number of aliphatic hydroxyl groups is 1. The van der Waals surface area contributed by atoms with Crippen LogP contribution in [0.15, 0.2) is 18.2 Å². The zero-order chi connectivity index (χ0) is 26.3. The van der Waals surface area contributed by atoms with Gasteiger partial charge in [-0.1, -0.05) is 6.92 Å². The van der Waals surface area contributed by atoms with Gasteiger partial charge in [0.25, 0.3) is 5.91 Å². The zero-order valence-corrected chi connectivity index (χ0v) is 22.4. The Morgan fingerprint density at radius 3 is 2.64 bits per heavy atom. The Morgan fingerprint density at radius 1 is 1.28 bits per heavy atom. The van der Waals surface area contributed by atoms with Gasteiger partial charge in [0.2, 0.25) is 0 Å².